The molecule has 1 saturated carbocycles. The van der Waals surface area contributed by atoms with Crippen LogP contribution in [0, 0.1) is 18.3 Å². The average molecular weight is 898 g/mol. The normalized spacial score (nSPS) is 31.8. The summed E-state index contributed by atoms with van der Waals surface area (Å²) >= 11 is 0. The maximum absolute atomic E-state index is 15.5. The summed E-state index contributed by atoms with van der Waals surface area (Å²) in [5, 5.41) is 17.9. The molecule has 1 aliphatic carbocycles. The van der Waals surface area contributed by atoms with E-state index in [2.05, 4.69) is 81.3 Å². The zero-order valence-corrected chi connectivity index (χ0v) is 39.2. The minimum atomic E-state index is -1.86. The number of aromatic nitrogens is 1. The molecule has 348 valence electrons. The highest BCUT2D eigenvalue weighted by molar-refractivity contribution is 5.94. The van der Waals surface area contributed by atoms with Crippen molar-refractivity contribution in [3.05, 3.63) is 112 Å². The van der Waals surface area contributed by atoms with E-state index < -0.39 is 46.1 Å². The number of carbonyl (C=O) groups excluding carboxylic acids is 3. The Morgan fingerprint density at radius 3 is 2.52 bits per heavy atom. The molecule has 3 N–H and O–H groups in total. The number of benzene rings is 3. The molecule has 5 aliphatic heterocycles. The number of rotatable bonds is 9. The molecule has 9 atom stereocenters. The Kier molecular flexibility index (Phi) is 10.9. The number of fused-ring (bicyclic) bond motifs is 6. The van der Waals surface area contributed by atoms with Gasteiger partial charge in [-0.15, -0.1) is 0 Å². The zero-order valence-electron chi connectivity index (χ0n) is 39.2. The lowest BCUT2D eigenvalue weighted by Crippen LogP contribution is -2.81. The first-order chi connectivity index (χ1) is 31.8. The fourth-order valence-corrected chi connectivity index (χ4v) is 14.0. The molecule has 3 aromatic carbocycles. The van der Waals surface area contributed by atoms with Gasteiger partial charge in [0.15, 0.2) is 0 Å². The number of para-hydroxylation sites is 1. The van der Waals surface area contributed by atoms with Crippen LogP contribution in [0.1, 0.15) is 74.4 Å². The van der Waals surface area contributed by atoms with E-state index in [1.165, 1.54) is 19.6 Å². The second-order valence-electron chi connectivity index (χ2n) is 19.7. The summed E-state index contributed by atoms with van der Waals surface area (Å²) in [6, 6.07) is 18.8. The highest BCUT2D eigenvalue weighted by Crippen LogP contribution is 2.68. The predicted molar refractivity (Wildman–Crippen MR) is 252 cm³/mol. The van der Waals surface area contributed by atoms with Crippen LogP contribution < -0.4 is 19.7 Å². The fraction of sp³-hybridized carbons (Fsp3) is 0.491. The van der Waals surface area contributed by atoms with Crippen molar-refractivity contribution in [3.8, 4) is 11.5 Å². The van der Waals surface area contributed by atoms with Gasteiger partial charge in [0.1, 0.15) is 28.6 Å². The van der Waals surface area contributed by atoms with Gasteiger partial charge in [0.05, 0.1) is 26.8 Å². The van der Waals surface area contributed by atoms with E-state index in [4.69, 9.17) is 18.9 Å². The van der Waals surface area contributed by atoms with Crippen molar-refractivity contribution < 1.29 is 38.4 Å². The number of nitrogens with one attached hydrogen (secondary N) is 2. The lowest BCUT2D eigenvalue weighted by atomic mass is 9.47. The molecule has 13 heteroatoms. The second-order valence-corrected chi connectivity index (χ2v) is 19.7. The van der Waals surface area contributed by atoms with E-state index in [9.17, 15) is 14.7 Å². The number of esters is 2. The summed E-state index contributed by atoms with van der Waals surface area (Å²) in [5.41, 5.74) is 2.87. The third-order valence-electron chi connectivity index (χ3n) is 16.4. The van der Waals surface area contributed by atoms with Crippen molar-refractivity contribution in [2.75, 3.05) is 65.4 Å². The summed E-state index contributed by atoms with van der Waals surface area (Å²) in [5.74, 6) is 0.00971. The molecular weight excluding hydrogens is 835 g/mol. The topological polar surface area (TPSA) is 146 Å². The van der Waals surface area contributed by atoms with Crippen LogP contribution in [-0.4, -0.2) is 122 Å². The molecule has 1 amide bonds. The van der Waals surface area contributed by atoms with E-state index in [0.717, 1.165) is 71.5 Å². The van der Waals surface area contributed by atoms with Crippen LogP contribution >= 0.6 is 0 Å². The molecule has 2 unspecified atom stereocenters. The van der Waals surface area contributed by atoms with E-state index in [-0.39, 0.29) is 24.5 Å². The van der Waals surface area contributed by atoms with Gasteiger partial charge in [-0.3, -0.25) is 19.4 Å². The van der Waals surface area contributed by atoms with Crippen molar-refractivity contribution in [1.82, 2.24) is 20.1 Å². The van der Waals surface area contributed by atoms with Crippen LogP contribution in [-0.2, 0) is 36.3 Å². The van der Waals surface area contributed by atoms with Crippen LogP contribution in [0.15, 0.2) is 84.5 Å². The smallest absolute Gasteiger partial charge is 0.412 e. The average Bonchev–Trinajstić information content (AvgIpc) is 3.98. The number of methoxy groups -OCH3 is 2. The number of carbonyl (C=O) groups is 3. The van der Waals surface area contributed by atoms with Crippen LogP contribution in [0.2, 0.25) is 0 Å². The summed E-state index contributed by atoms with van der Waals surface area (Å²) < 4.78 is 24.7. The summed E-state index contributed by atoms with van der Waals surface area (Å²) in [6.45, 7) is 11.3. The van der Waals surface area contributed by atoms with Crippen molar-refractivity contribution in [2.24, 2.45) is 11.3 Å². The Morgan fingerprint density at radius 1 is 1.00 bits per heavy atom. The van der Waals surface area contributed by atoms with Crippen molar-refractivity contribution >= 4 is 34.6 Å². The molecule has 1 saturated heterocycles. The van der Waals surface area contributed by atoms with Crippen LogP contribution in [0.25, 0.3) is 10.9 Å². The standard InChI is InChI=1S/C53H63N5O8/c1-8-34-25-35-28-52(48(60)64-7,44-38(19-23-57(29-34)30-35)37-13-10-11-14-41(37)55-44)40-26-39-42(27-43(40)63-6)56(5)46-51(39)21-24-58-22-12-20-50(9-2,45(51)58)47(65-33(4)59)53(46,62)31-54-49(61)66-36-17-15-32(3)16-18-36/h10-18,20,25-27,35,45-47,55,62H,8-9,19,21-24,28-31H2,1-7H3,(H,54,61)/t35-,45-,46+,47+,50+,51+,52-,53?/m0/s1. The van der Waals surface area contributed by atoms with Gasteiger partial charge in [-0.25, -0.2) is 4.79 Å². The monoisotopic (exact) mass is 897 g/mol. The van der Waals surface area contributed by atoms with Crippen LogP contribution in [0.4, 0.5) is 10.5 Å². The Bertz CT molecular complexity index is 2660. The number of aryl methyl sites for hydroxylation is 1. The first-order valence-electron chi connectivity index (χ1n) is 23.7. The maximum atomic E-state index is 15.5. The second kappa shape index (κ2) is 16.3. The molecule has 4 aromatic rings. The summed E-state index contributed by atoms with van der Waals surface area (Å²) in [6.07, 6.45) is 8.14. The van der Waals surface area contributed by atoms with Crippen molar-refractivity contribution in [2.45, 2.75) is 94.4 Å². The predicted octanol–water partition coefficient (Wildman–Crippen LogP) is 6.72. The number of anilines is 1. The molecule has 0 radical (unpaired) electrons. The van der Waals surface area contributed by atoms with Gasteiger partial charge in [-0.1, -0.05) is 73.5 Å². The molecule has 6 aliphatic rings. The van der Waals surface area contributed by atoms with Crippen LogP contribution in [0.5, 0.6) is 11.5 Å². The molecule has 66 heavy (non-hydrogen) atoms. The van der Waals surface area contributed by atoms with E-state index in [0.29, 0.717) is 49.4 Å². The number of nitrogens with zero attached hydrogens (tertiary/aromatic N) is 3. The summed E-state index contributed by atoms with van der Waals surface area (Å²) in [4.78, 5) is 53.4. The Hall–Kier alpha value is -5.63. The number of amides is 1. The van der Waals surface area contributed by atoms with Crippen molar-refractivity contribution in [1.29, 1.82) is 0 Å². The Labute approximate surface area is 387 Å². The van der Waals surface area contributed by atoms with Gasteiger partial charge in [-0.2, -0.15) is 0 Å². The molecule has 1 aromatic heterocycles. The van der Waals surface area contributed by atoms with E-state index in [1.54, 1.807) is 19.2 Å². The highest BCUT2D eigenvalue weighted by Gasteiger charge is 2.78. The number of aliphatic hydroxyl groups is 1. The number of likely N-dealkylation sites (N-methyl/N-ethyl adjacent to an activating group) is 1. The SMILES string of the molecule is CCC1=C[C@@H]2CN(CCc3c([nH]c4ccccc34)[C@@](C(=O)OC)(c3cc4c(cc3OC)N(C)[C@H]3C(O)(CNC(=O)Oc5ccc(C)cc5)[C@H](OC(C)=O)[C@]5(CC)C=CCN6CC[C@]43[C@@H]65)C2)C1. The molecule has 2 bridgehead atoms. The van der Waals surface area contributed by atoms with Gasteiger partial charge in [0.25, 0.3) is 0 Å². The highest BCUT2D eigenvalue weighted by atomic mass is 16.6. The van der Waals surface area contributed by atoms with Gasteiger partial charge in [0, 0.05) is 90.9 Å². The number of hydrogen-bond acceptors (Lipinski definition) is 11. The lowest BCUT2D eigenvalue weighted by molar-refractivity contribution is -0.216. The molecular formula is C53H63N5O8. The number of H-pyrrole nitrogens is 1. The van der Waals surface area contributed by atoms with Crippen LogP contribution in [0.3, 0.4) is 0 Å². The lowest BCUT2D eigenvalue weighted by Gasteiger charge is -2.64. The zero-order chi connectivity index (χ0) is 46.3. The van der Waals surface area contributed by atoms with Crippen molar-refractivity contribution in [3.63, 3.8) is 0 Å². The van der Waals surface area contributed by atoms with Gasteiger partial charge >= 0.3 is 18.0 Å². The molecule has 10 rings (SSSR count). The largest absolute Gasteiger partial charge is 0.496 e. The van der Waals surface area contributed by atoms with E-state index >= 15 is 4.79 Å². The molecule has 2 fully saturated rings. The minimum absolute atomic E-state index is 0.0184. The fourth-order valence-electron chi connectivity index (χ4n) is 14.0. The molecule has 1 spiro atoms. The first kappa shape index (κ1) is 44.2. The summed E-state index contributed by atoms with van der Waals surface area (Å²) in [7, 11) is 5.10. The Morgan fingerprint density at radius 2 is 1.79 bits per heavy atom. The van der Waals surface area contributed by atoms with Gasteiger partial charge < -0.3 is 39.3 Å². The quantitative estimate of drug-likeness (QED) is 0.122. The van der Waals surface area contributed by atoms with E-state index in [1.807, 2.05) is 38.2 Å². The molecule has 6 heterocycles. The maximum Gasteiger partial charge on any atom is 0.412 e. The van der Waals surface area contributed by atoms with Gasteiger partial charge in [-0.05, 0) is 86.9 Å². The minimum Gasteiger partial charge on any atom is -0.496 e. The number of aromatic amines is 1. The number of hydrogen-bond donors (Lipinski definition) is 3. The third-order valence-corrected chi connectivity index (χ3v) is 16.4. The van der Waals surface area contributed by atoms with Gasteiger partial charge in [0.2, 0.25) is 0 Å². The Balaban J connectivity index is 1.21. The third kappa shape index (κ3) is 6.39. The molecule has 13 nitrogen and oxygen atoms in total. The number of ether oxygens (including phenoxy) is 4. The first-order valence-corrected chi connectivity index (χ1v) is 23.7.